The maximum Gasteiger partial charge on any atom is -0.0200 e. The monoisotopic (exact) mass is 150 g/mol. The van der Waals surface area contributed by atoms with E-state index in [0.717, 1.165) is 17.8 Å². The Morgan fingerprint density at radius 1 is 1.18 bits per heavy atom. The first-order valence-corrected chi connectivity index (χ1v) is 4.90. The van der Waals surface area contributed by atoms with Gasteiger partial charge < -0.3 is 0 Å². The molecule has 0 amide bonds. The summed E-state index contributed by atoms with van der Waals surface area (Å²) in [4.78, 5) is 0. The molecular formula is C11H18. The average Bonchev–Trinajstić information content (AvgIpc) is 2.45. The van der Waals surface area contributed by atoms with Gasteiger partial charge in [-0.15, -0.1) is 0 Å². The van der Waals surface area contributed by atoms with Crippen LogP contribution in [0.15, 0.2) is 11.6 Å². The summed E-state index contributed by atoms with van der Waals surface area (Å²) in [5.41, 5.74) is 1.52. The maximum absolute atomic E-state index is 2.50. The predicted octanol–water partition coefficient (Wildman–Crippen LogP) is 3.39. The summed E-state index contributed by atoms with van der Waals surface area (Å²) in [6, 6.07) is 0. The number of fused-ring (bicyclic) bond motifs is 2. The standard InChI is InChI=1S/C11H18/c1-8(2)5-11-7-9-3-4-10(11)6-9/h5,9-11H,3-4,6-7H2,1-2H3. The van der Waals surface area contributed by atoms with Crippen molar-refractivity contribution < 1.29 is 0 Å². The highest BCUT2D eigenvalue weighted by molar-refractivity contribution is 5.04. The second-order valence-corrected chi connectivity index (χ2v) is 4.58. The molecule has 11 heavy (non-hydrogen) atoms. The van der Waals surface area contributed by atoms with E-state index in [1.807, 2.05) is 0 Å². The number of hydrogen-bond acceptors (Lipinski definition) is 0. The number of allylic oxidation sites excluding steroid dienone is 2. The zero-order chi connectivity index (χ0) is 7.84. The van der Waals surface area contributed by atoms with Crippen LogP contribution in [0, 0.1) is 17.8 Å². The van der Waals surface area contributed by atoms with Crippen LogP contribution in [0.2, 0.25) is 0 Å². The highest BCUT2D eigenvalue weighted by Gasteiger charge is 2.37. The van der Waals surface area contributed by atoms with Crippen LogP contribution >= 0.6 is 0 Å². The van der Waals surface area contributed by atoms with Gasteiger partial charge in [0.2, 0.25) is 0 Å². The molecule has 62 valence electrons. The molecule has 0 aliphatic heterocycles. The first-order valence-electron chi connectivity index (χ1n) is 4.90. The summed E-state index contributed by atoms with van der Waals surface area (Å²) in [5, 5.41) is 0. The molecule has 2 fully saturated rings. The third-order valence-electron chi connectivity index (χ3n) is 3.34. The highest BCUT2D eigenvalue weighted by Crippen LogP contribution is 2.48. The minimum absolute atomic E-state index is 0.957. The summed E-state index contributed by atoms with van der Waals surface area (Å²) >= 11 is 0. The molecule has 0 spiro atoms. The highest BCUT2D eigenvalue weighted by atomic mass is 14.4. The van der Waals surface area contributed by atoms with Gasteiger partial charge in [-0.25, -0.2) is 0 Å². The van der Waals surface area contributed by atoms with Crippen LogP contribution in [0.4, 0.5) is 0 Å². The lowest BCUT2D eigenvalue weighted by molar-refractivity contribution is 0.393. The summed E-state index contributed by atoms with van der Waals surface area (Å²) < 4.78 is 0. The molecule has 2 saturated carbocycles. The SMILES string of the molecule is CC(C)=CC1CC2CCC1C2. The van der Waals surface area contributed by atoms with E-state index >= 15 is 0 Å². The largest absolute Gasteiger partial charge is 0.0825 e. The van der Waals surface area contributed by atoms with Gasteiger partial charge in [-0.3, -0.25) is 0 Å². The van der Waals surface area contributed by atoms with Crippen molar-refractivity contribution in [3.63, 3.8) is 0 Å². The Morgan fingerprint density at radius 2 is 2.00 bits per heavy atom. The summed E-state index contributed by atoms with van der Waals surface area (Å²) in [6.45, 7) is 4.46. The molecule has 3 unspecified atom stereocenters. The van der Waals surface area contributed by atoms with Crippen LogP contribution < -0.4 is 0 Å². The predicted molar refractivity (Wildman–Crippen MR) is 48.4 cm³/mol. The van der Waals surface area contributed by atoms with Gasteiger partial charge in [-0.1, -0.05) is 18.1 Å². The van der Waals surface area contributed by atoms with Crippen LogP contribution in [-0.4, -0.2) is 0 Å². The van der Waals surface area contributed by atoms with Gasteiger partial charge in [-0.05, 0) is 50.9 Å². The zero-order valence-electron chi connectivity index (χ0n) is 7.64. The van der Waals surface area contributed by atoms with E-state index in [-0.39, 0.29) is 0 Å². The van der Waals surface area contributed by atoms with Gasteiger partial charge in [-0.2, -0.15) is 0 Å². The molecular weight excluding hydrogens is 132 g/mol. The first-order chi connectivity index (χ1) is 5.25. The summed E-state index contributed by atoms with van der Waals surface area (Å²) in [6.07, 6.45) is 8.57. The topological polar surface area (TPSA) is 0 Å². The smallest absolute Gasteiger partial charge is 0.0200 e. The van der Waals surface area contributed by atoms with Crippen LogP contribution in [0.1, 0.15) is 39.5 Å². The Labute approximate surface area is 69.7 Å². The van der Waals surface area contributed by atoms with Gasteiger partial charge in [0.1, 0.15) is 0 Å². The Balaban J connectivity index is 2.03. The molecule has 2 rings (SSSR count). The van der Waals surface area contributed by atoms with Gasteiger partial charge in [0.15, 0.2) is 0 Å². The molecule has 0 saturated heterocycles. The van der Waals surface area contributed by atoms with Crippen LogP contribution in [-0.2, 0) is 0 Å². The Kier molecular flexibility index (Phi) is 1.78. The number of hydrogen-bond donors (Lipinski definition) is 0. The van der Waals surface area contributed by atoms with Gasteiger partial charge in [0, 0.05) is 0 Å². The average molecular weight is 150 g/mol. The van der Waals surface area contributed by atoms with Crippen LogP contribution in [0.25, 0.3) is 0 Å². The van der Waals surface area contributed by atoms with Crippen LogP contribution in [0.5, 0.6) is 0 Å². The van der Waals surface area contributed by atoms with Crippen molar-refractivity contribution in [3.05, 3.63) is 11.6 Å². The summed E-state index contributed by atoms with van der Waals surface area (Å²) in [7, 11) is 0. The Hall–Kier alpha value is -0.260. The molecule has 0 aromatic rings. The van der Waals surface area contributed by atoms with E-state index < -0.39 is 0 Å². The van der Waals surface area contributed by atoms with Crippen molar-refractivity contribution >= 4 is 0 Å². The summed E-state index contributed by atoms with van der Waals surface area (Å²) in [5.74, 6) is 3.12. The van der Waals surface area contributed by atoms with E-state index in [4.69, 9.17) is 0 Å². The lowest BCUT2D eigenvalue weighted by atomic mass is 9.88. The molecule has 2 aliphatic carbocycles. The van der Waals surface area contributed by atoms with Crippen LogP contribution in [0.3, 0.4) is 0 Å². The van der Waals surface area contributed by atoms with Crippen molar-refractivity contribution in [2.75, 3.05) is 0 Å². The van der Waals surface area contributed by atoms with E-state index in [1.54, 1.807) is 0 Å². The van der Waals surface area contributed by atoms with Gasteiger partial charge >= 0.3 is 0 Å². The molecule has 0 aromatic heterocycles. The van der Waals surface area contributed by atoms with E-state index in [2.05, 4.69) is 19.9 Å². The van der Waals surface area contributed by atoms with Gasteiger partial charge in [0.05, 0.1) is 0 Å². The van der Waals surface area contributed by atoms with Crippen molar-refractivity contribution in [2.24, 2.45) is 17.8 Å². The molecule has 3 atom stereocenters. The van der Waals surface area contributed by atoms with Crippen molar-refractivity contribution in [1.82, 2.24) is 0 Å². The molecule has 0 heterocycles. The minimum Gasteiger partial charge on any atom is -0.0825 e. The number of rotatable bonds is 1. The van der Waals surface area contributed by atoms with E-state index in [9.17, 15) is 0 Å². The fourth-order valence-corrected chi connectivity index (χ4v) is 2.93. The Morgan fingerprint density at radius 3 is 2.45 bits per heavy atom. The Bertz CT molecular complexity index is 174. The molecule has 0 N–H and O–H groups in total. The first kappa shape index (κ1) is 7.39. The molecule has 2 bridgehead atoms. The molecule has 2 aliphatic rings. The fourth-order valence-electron chi connectivity index (χ4n) is 2.93. The fraction of sp³-hybridized carbons (Fsp3) is 0.818. The zero-order valence-corrected chi connectivity index (χ0v) is 7.64. The second-order valence-electron chi connectivity index (χ2n) is 4.58. The van der Waals surface area contributed by atoms with E-state index in [0.29, 0.717) is 0 Å². The quantitative estimate of drug-likeness (QED) is 0.503. The molecule has 0 aromatic carbocycles. The molecule has 0 heteroatoms. The second kappa shape index (κ2) is 2.66. The molecule has 0 nitrogen and oxygen atoms in total. The van der Waals surface area contributed by atoms with Crippen molar-refractivity contribution in [1.29, 1.82) is 0 Å². The van der Waals surface area contributed by atoms with Crippen molar-refractivity contribution in [3.8, 4) is 0 Å². The lowest BCUT2D eigenvalue weighted by Gasteiger charge is -2.18. The maximum atomic E-state index is 2.50. The third-order valence-corrected chi connectivity index (χ3v) is 3.34. The van der Waals surface area contributed by atoms with Gasteiger partial charge in [0.25, 0.3) is 0 Å². The van der Waals surface area contributed by atoms with E-state index in [1.165, 1.54) is 31.3 Å². The lowest BCUT2D eigenvalue weighted by Crippen LogP contribution is -2.07. The minimum atomic E-state index is 0.957. The molecule has 0 radical (unpaired) electrons. The third kappa shape index (κ3) is 1.36. The van der Waals surface area contributed by atoms with Crippen molar-refractivity contribution in [2.45, 2.75) is 39.5 Å². The normalized spacial score (nSPS) is 41.1.